The number of nitrogens with zero attached hydrogens (tertiary/aromatic N) is 2. The van der Waals surface area contributed by atoms with E-state index in [1.165, 1.54) is 4.68 Å². The Labute approximate surface area is 240 Å². The lowest BCUT2D eigenvalue weighted by molar-refractivity contribution is -0.125. The second-order valence-corrected chi connectivity index (χ2v) is 10.7. The van der Waals surface area contributed by atoms with Gasteiger partial charge in [-0.2, -0.15) is 0 Å². The summed E-state index contributed by atoms with van der Waals surface area (Å²) in [7, 11) is 0. The molecule has 1 atom stereocenters. The summed E-state index contributed by atoms with van der Waals surface area (Å²) in [5, 5.41) is 3.27. The monoisotopic (exact) mass is 579 g/mol. The molecule has 11 heteroatoms. The third kappa shape index (κ3) is 7.28. The fourth-order valence-corrected chi connectivity index (χ4v) is 5.12. The summed E-state index contributed by atoms with van der Waals surface area (Å²) in [6.45, 7) is 4.12. The number of aromatic nitrogens is 2. The average molecular weight is 580 g/mol. The van der Waals surface area contributed by atoms with Crippen molar-refractivity contribution in [2.75, 3.05) is 5.43 Å². The van der Waals surface area contributed by atoms with Gasteiger partial charge in [-0.15, -0.1) is 11.3 Å². The van der Waals surface area contributed by atoms with Crippen molar-refractivity contribution < 1.29 is 14.3 Å². The van der Waals surface area contributed by atoms with Crippen LogP contribution in [0.15, 0.2) is 71.8 Å². The molecule has 1 unspecified atom stereocenters. The molecule has 4 N–H and O–H groups in total. The van der Waals surface area contributed by atoms with Crippen molar-refractivity contribution in [2.45, 2.75) is 45.9 Å². The van der Waals surface area contributed by atoms with Crippen LogP contribution in [0.4, 0.5) is 0 Å². The predicted molar refractivity (Wildman–Crippen MR) is 157 cm³/mol. The first-order chi connectivity index (χ1) is 19.2. The van der Waals surface area contributed by atoms with Crippen LogP contribution in [0.3, 0.4) is 0 Å². The van der Waals surface area contributed by atoms with Crippen molar-refractivity contribution in [3.63, 3.8) is 0 Å². The molecule has 40 heavy (non-hydrogen) atoms. The van der Waals surface area contributed by atoms with Gasteiger partial charge in [-0.3, -0.25) is 19.4 Å². The Hall–Kier alpha value is -4.15. The van der Waals surface area contributed by atoms with Crippen molar-refractivity contribution in [3.8, 4) is 16.3 Å². The molecular weight excluding hydrogens is 550 g/mol. The van der Waals surface area contributed by atoms with Crippen LogP contribution in [0.5, 0.6) is 5.75 Å². The first-order valence-electron chi connectivity index (χ1n) is 12.7. The normalized spacial score (nSPS) is 11.6. The number of amides is 2. The highest BCUT2D eigenvalue weighted by Crippen LogP contribution is 2.26. The highest BCUT2D eigenvalue weighted by molar-refractivity contribution is 7.15. The quantitative estimate of drug-likeness (QED) is 0.231. The van der Waals surface area contributed by atoms with Crippen LogP contribution in [0, 0.1) is 6.92 Å². The lowest BCUT2D eigenvalue weighted by Gasteiger charge is -2.18. The smallest absolute Gasteiger partial charge is 0.272 e. The molecule has 0 saturated heterocycles. The SMILES string of the molecule is CCC(Oc1ccc(Cl)cc1CNC(=O)Cc1c(C)ccn(NCc2ccc(-c3ccccn3)s2)c1=O)C(N)=O. The number of benzene rings is 1. The Kier molecular flexibility index (Phi) is 9.57. The van der Waals surface area contributed by atoms with Crippen molar-refractivity contribution in [2.24, 2.45) is 5.73 Å². The molecule has 9 nitrogen and oxygen atoms in total. The van der Waals surface area contributed by atoms with Gasteiger partial charge in [0, 0.05) is 40.0 Å². The van der Waals surface area contributed by atoms with Gasteiger partial charge in [0.1, 0.15) is 5.75 Å². The molecule has 0 aliphatic heterocycles. The van der Waals surface area contributed by atoms with Crippen molar-refractivity contribution >= 4 is 34.8 Å². The molecule has 4 rings (SSSR count). The fourth-order valence-electron chi connectivity index (χ4n) is 4.00. The Morgan fingerprint density at radius 1 is 1.15 bits per heavy atom. The summed E-state index contributed by atoms with van der Waals surface area (Å²) in [6.07, 6.45) is 2.90. The summed E-state index contributed by atoms with van der Waals surface area (Å²) in [5.41, 5.74) is 10.8. The number of primary amides is 1. The number of pyridine rings is 2. The standard InChI is InChI=1S/C29H30ClN5O4S/c1-3-24(28(31)37)39-25-9-7-20(30)14-19(25)16-33-27(36)15-22-18(2)11-13-35(29(22)38)34-17-21-8-10-26(40-21)23-6-4-5-12-32-23/h4-14,24,34H,3,15-17H2,1-2H3,(H2,31,37)(H,33,36). The van der Waals surface area contributed by atoms with Gasteiger partial charge in [-0.1, -0.05) is 24.6 Å². The van der Waals surface area contributed by atoms with Crippen molar-refractivity contribution in [1.29, 1.82) is 0 Å². The van der Waals surface area contributed by atoms with E-state index < -0.39 is 12.0 Å². The second-order valence-electron chi connectivity index (χ2n) is 9.09. The van der Waals surface area contributed by atoms with Gasteiger partial charge < -0.3 is 21.2 Å². The Bertz CT molecular complexity index is 1550. The Balaban J connectivity index is 1.40. The summed E-state index contributed by atoms with van der Waals surface area (Å²) >= 11 is 7.74. The fraction of sp³-hybridized carbons (Fsp3) is 0.241. The summed E-state index contributed by atoms with van der Waals surface area (Å²) in [6, 6.07) is 16.5. The van der Waals surface area contributed by atoms with Crippen molar-refractivity contribution in [1.82, 2.24) is 15.0 Å². The number of carbonyl (C=O) groups excluding carboxylic acids is 2. The molecule has 1 aromatic carbocycles. The summed E-state index contributed by atoms with van der Waals surface area (Å²) < 4.78 is 7.15. The lowest BCUT2D eigenvalue weighted by Crippen LogP contribution is -2.35. The minimum Gasteiger partial charge on any atom is -0.480 e. The number of hydrogen-bond donors (Lipinski definition) is 3. The molecule has 0 radical (unpaired) electrons. The van der Waals surface area contributed by atoms with Crippen LogP contribution in [-0.4, -0.2) is 27.6 Å². The molecule has 0 fully saturated rings. The Morgan fingerprint density at radius 2 is 1.98 bits per heavy atom. The number of ether oxygens (including phenoxy) is 1. The number of nitrogens with two attached hydrogens (primary N) is 1. The lowest BCUT2D eigenvalue weighted by atomic mass is 10.1. The van der Waals surface area contributed by atoms with E-state index in [4.69, 9.17) is 22.1 Å². The van der Waals surface area contributed by atoms with Crippen LogP contribution in [0.1, 0.15) is 34.9 Å². The zero-order valence-electron chi connectivity index (χ0n) is 22.1. The number of aryl methyl sites for hydroxylation is 1. The first kappa shape index (κ1) is 28.8. The van der Waals surface area contributed by atoms with Crippen LogP contribution in [0.2, 0.25) is 5.02 Å². The highest BCUT2D eigenvalue weighted by atomic mass is 35.5. The van der Waals surface area contributed by atoms with Gasteiger partial charge in [0.2, 0.25) is 5.91 Å². The maximum Gasteiger partial charge on any atom is 0.272 e. The van der Waals surface area contributed by atoms with Gasteiger partial charge in [-0.25, -0.2) is 4.68 Å². The molecule has 3 aromatic heterocycles. The van der Waals surface area contributed by atoms with E-state index in [9.17, 15) is 14.4 Å². The zero-order valence-corrected chi connectivity index (χ0v) is 23.7. The van der Waals surface area contributed by atoms with E-state index in [2.05, 4.69) is 15.7 Å². The van der Waals surface area contributed by atoms with E-state index in [-0.39, 0.29) is 24.4 Å². The molecule has 0 aliphatic rings. The number of rotatable bonds is 12. The number of nitrogens with one attached hydrogen (secondary N) is 2. The largest absolute Gasteiger partial charge is 0.480 e. The molecule has 2 amide bonds. The van der Waals surface area contributed by atoms with E-state index in [1.54, 1.807) is 61.8 Å². The van der Waals surface area contributed by atoms with Gasteiger partial charge in [0.25, 0.3) is 11.5 Å². The number of halogens is 1. The van der Waals surface area contributed by atoms with Crippen LogP contribution in [0.25, 0.3) is 10.6 Å². The molecule has 208 valence electrons. The third-order valence-corrected chi connectivity index (χ3v) is 7.57. The molecule has 3 heterocycles. The average Bonchev–Trinajstić information content (AvgIpc) is 3.42. The zero-order chi connectivity index (χ0) is 28.6. The maximum atomic E-state index is 13.2. The molecular formula is C29H30ClN5O4S. The van der Waals surface area contributed by atoms with Gasteiger partial charge in [-0.05, 0) is 67.4 Å². The van der Waals surface area contributed by atoms with Crippen LogP contribution >= 0.6 is 22.9 Å². The number of carbonyl (C=O) groups is 2. The van der Waals surface area contributed by atoms with E-state index in [1.807, 2.05) is 30.3 Å². The first-order valence-corrected chi connectivity index (χ1v) is 13.9. The molecule has 0 saturated carbocycles. The van der Waals surface area contributed by atoms with E-state index in [0.29, 0.717) is 40.4 Å². The van der Waals surface area contributed by atoms with Gasteiger partial charge in [0.15, 0.2) is 6.10 Å². The van der Waals surface area contributed by atoms with Gasteiger partial charge >= 0.3 is 0 Å². The summed E-state index contributed by atoms with van der Waals surface area (Å²) in [5.74, 6) is -0.522. The number of thiophene rings is 1. The third-order valence-electron chi connectivity index (χ3n) is 6.22. The molecule has 0 bridgehead atoms. The van der Waals surface area contributed by atoms with Crippen LogP contribution in [-0.2, 0) is 29.1 Å². The Morgan fingerprint density at radius 3 is 2.70 bits per heavy atom. The highest BCUT2D eigenvalue weighted by Gasteiger charge is 2.18. The predicted octanol–water partition coefficient (Wildman–Crippen LogP) is 4.18. The maximum absolute atomic E-state index is 13.2. The topological polar surface area (TPSA) is 128 Å². The number of hydrogen-bond acceptors (Lipinski definition) is 7. The minimum absolute atomic E-state index is 0.0965. The second kappa shape index (κ2) is 13.3. The van der Waals surface area contributed by atoms with Gasteiger partial charge in [0.05, 0.1) is 23.5 Å². The molecule has 0 aliphatic carbocycles. The molecule has 0 spiro atoms. The van der Waals surface area contributed by atoms with E-state index in [0.717, 1.165) is 15.4 Å². The van der Waals surface area contributed by atoms with E-state index >= 15 is 0 Å². The summed E-state index contributed by atoms with van der Waals surface area (Å²) in [4.78, 5) is 44.1. The minimum atomic E-state index is -0.802. The van der Waals surface area contributed by atoms with Crippen molar-refractivity contribution in [3.05, 3.63) is 104 Å². The molecule has 4 aromatic rings. The van der Waals surface area contributed by atoms with Crippen LogP contribution < -0.4 is 26.8 Å².